The molecule has 0 fully saturated rings. The van der Waals surface area contributed by atoms with Gasteiger partial charge in [0.15, 0.2) is 5.17 Å². The van der Waals surface area contributed by atoms with Crippen LogP contribution in [0.5, 0.6) is 0 Å². The van der Waals surface area contributed by atoms with Crippen molar-refractivity contribution in [2.24, 2.45) is 4.99 Å². The van der Waals surface area contributed by atoms with E-state index < -0.39 is 12.0 Å². The maximum atomic E-state index is 12.7. The second-order valence-electron chi connectivity index (χ2n) is 7.47. The van der Waals surface area contributed by atoms with E-state index in [4.69, 9.17) is 27.9 Å². The number of nitrogens with zero attached hydrogens (tertiary/aromatic N) is 1. The highest BCUT2D eigenvalue weighted by molar-refractivity contribution is 8.14. The van der Waals surface area contributed by atoms with Gasteiger partial charge in [-0.2, -0.15) is 0 Å². The topological polar surface area (TPSA) is 79.8 Å². The minimum atomic E-state index is -0.708. The lowest BCUT2D eigenvalue weighted by Gasteiger charge is -2.26. The summed E-state index contributed by atoms with van der Waals surface area (Å²) in [6, 6.07) is 10.3. The van der Waals surface area contributed by atoms with Gasteiger partial charge in [-0.05, 0) is 44.9 Å². The van der Waals surface area contributed by atoms with Crippen LogP contribution in [-0.2, 0) is 14.3 Å². The molecule has 0 bridgehead atoms. The molecule has 0 spiro atoms. The number of hydrogen-bond acceptors (Lipinski definition) is 6. The van der Waals surface area contributed by atoms with Crippen LogP contribution in [0.4, 0.5) is 5.69 Å². The summed E-state index contributed by atoms with van der Waals surface area (Å²) in [6.07, 6.45) is 0. The number of nitrogens with one attached hydrogen (secondary N) is 2. The molecule has 2 N–H and O–H groups in total. The number of aryl methyl sites for hydroxylation is 2. The van der Waals surface area contributed by atoms with Crippen LogP contribution in [0.2, 0.25) is 10.0 Å². The van der Waals surface area contributed by atoms with Crippen LogP contribution in [0.15, 0.2) is 52.7 Å². The number of ether oxygens (including phenoxy) is 1. The number of para-hydroxylation sites is 1. The highest BCUT2D eigenvalue weighted by Crippen LogP contribution is 2.39. The van der Waals surface area contributed by atoms with Crippen molar-refractivity contribution in [1.29, 1.82) is 0 Å². The molecule has 0 saturated carbocycles. The van der Waals surface area contributed by atoms with Crippen molar-refractivity contribution >= 4 is 57.7 Å². The van der Waals surface area contributed by atoms with E-state index >= 15 is 0 Å². The smallest absolute Gasteiger partial charge is 0.338 e. The fourth-order valence-corrected chi connectivity index (χ4v) is 4.63. The molecular formula is C24H25Cl2N3O3S. The number of amides is 1. The van der Waals surface area contributed by atoms with Crippen molar-refractivity contribution in [3.8, 4) is 0 Å². The van der Waals surface area contributed by atoms with Crippen molar-refractivity contribution in [3.63, 3.8) is 0 Å². The van der Waals surface area contributed by atoms with Gasteiger partial charge in [-0.15, -0.1) is 0 Å². The molecule has 0 saturated heterocycles. The van der Waals surface area contributed by atoms with Crippen molar-refractivity contribution in [2.75, 3.05) is 17.7 Å². The average molecular weight is 506 g/mol. The Morgan fingerprint density at radius 1 is 1.12 bits per heavy atom. The quantitative estimate of drug-likeness (QED) is 0.483. The van der Waals surface area contributed by atoms with Crippen LogP contribution >= 0.6 is 35.0 Å². The summed E-state index contributed by atoms with van der Waals surface area (Å²) in [7, 11) is 0. The number of carbonyl (C=O) groups excluding carboxylic acids is 2. The number of anilines is 1. The van der Waals surface area contributed by atoms with Crippen molar-refractivity contribution in [2.45, 2.75) is 33.7 Å². The van der Waals surface area contributed by atoms with Crippen LogP contribution in [0.1, 0.15) is 36.6 Å². The third-order valence-corrected chi connectivity index (χ3v) is 6.80. The first-order valence-corrected chi connectivity index (χ1v) is 12.1. The third-order valence-electron chi connectivity index (χ3n) is 5.08. The number of allylic oxidation sites excluding steroid dienone is 1. The van der Waals surface area contributed by atoms with Gasteiger partial charge < -0.3 is 15.4 Å². The molecule has 2 aromatic rings. The second-order valence-corrected chi connectivity index (χ2v) is 9.22. The number of amidine groups is 1. The van der Waals surface area contributed by atoms with E-state index in [9.17, 15) is 9.59 Å². The van der Waals surface area contributed by atoms with Crippen LogP contribution in [0, 0.1) is 13.8 Å². The first-order chi connectivity index (χ1) is 15.7. The Morgan fingerprint density at radius 3 is 2.45 bits per heavy atom. The zero-order valence-corrected chi connectivity index (χ0v) is 21.1. The minimum absolute atomic E-state index is 0.137. The molecule has 9 heteroatoms. The van der Waals surface area contributed by atoms with E-state index in [0.29, 0.717) is 32.0 Å². The summed E-state index contributed by atoms with van der Waals surface area (Å²) >= 11 is 13.9. The highest BCUT2D eigenvalue weighted by Gasteiger charge is 2.32. The predicted molar refractivity (Wildman–Crippen MR) is 136 cm³/mol. The number of aliphatic imine (C=N–C) groups is 1. The van der Waals surface area contributed by atoms with Gasteiger partial charge in [0.2, 0.25) is 5.91 Å². The number of esters is 1. The van der Waals surface area contributed by atoms with Crippen LogP contribution in [-0.4, -0.2) is 29.4 Å². The Labute approximate surface area is 207 Å². The Bertz CT molecular complexity index is 1130. The standard InChI is InChI=1S/C24H25Cl2N3O3S/c1-5-32-23(31)19-15(4)27-24(29-22(19)16-10-7-11-17(25)20(16)26)33-12-18(30)28-21-13(2)8-6-9-14(21)3/h6-11,22H,5,12H2,1-4H3,(H,27,29)(H,28,30)/t22-/m0/s1. The van der Waals surface area contributed by atoms with Gasteiger partial charge >= 0.3 is 5.97 Å². The highest BCUT2D eigenvalue weighted by atomic mass is 35.5. The average Bonchev–Trinajstić information content (AvgIpc) is 2.76. The Kier molecular flexibility index (Phi) is 8.46. The molecule has 1 heterocycles. The maximum Gasteiger partial charge on any atom is 0.338 e. The molecule has 33 heavy (non-hydrogen) atoms. The summed E-state index contributed by atoms with van der Waals surface area (Å²) in [5.41, 5.74) is 4.33. The SMILES string of the molecule is CCOC(=O)C1=C(C)NC(SCC(=O)Nc2c(C)cccc2C)=N[C@H]1c1cccc(Cl)c1Cl. The molecule has 3 rings (SSSR count). The molecule has 0 radical (unpaired) electrons. The third kappa shape index (κ3) is 5.91. The number of benzene rings is 2. The first-order valence-electron chi connectivity index (χ1n) is 10.4. The molecule has 1 aliphatic heterocycles. The zero-order valence-electron chi connectivity index (χ0n) is 18.8. The lowest BCUT2D eigenvalue weighted by Crippen LogP contribution is -2.31. The van der Waals surface area contributed by atoms with E-state index in [1.807, 2.05) is 32.0 Å². The van der Waals surface area contributed by atoms with Gasteiger partial charge in [-0.25, -0.2) is 9.79 Å². The van der Waals surface area contributed by atoms with Gasteiger partial charge in [0.25, 0.3) is 0 Å². The van der Waals surface area contributed by atoms with E-state index in [0.717, 1.165) is 16.8 Å². The lowest BCUT2D eigenvalue weighted by molar-refractivity contribution is -0.139. The normalized spacial score (nSPS) is 15.6. The van der Waals surface area contributed by atoms with Gasteiger partial charge in [-0.1, -0.05) is 65.3 Å². The summed E-state index contributed by atoms with van der Waals surface area (Å²) in [6.45, 7) is 7.64. The van der Waals surface area contributed by atoms with Crippen LogP contribution in [0.3, 0.4) is 0 Å². The molecule has 0 aliphatic carbocycles. The molecule has 1 amide bonds. The van der Waals surface area contributed by atoms with E-state index in [2.05, 4.69) is 15.6 Å². The number of rotatable bonds is 6. The molecule has 1 aliphatic rings. The maximum absolute atomic E-state index is 12.7. The molecule has 2 aromatic carbocycles. The van der Waals surface area contributed by atoms with E-state index in [-0.39, 0.29) is 18.3 Å². The number of hydrogen-bond donors (Lipinski definition) is 2. The molecule has 0 aromatic heterocycles. The fourth-order valence-electron chi connectivity index (χ4n) is 3.47. The van der Waals surface area contributed by atoms with E-state index in [1.165, 1.54) is 11.8 Å². The van der Waals surface area contributed by atoms with Crippen LogP contribution < -0.4 is 10.6 Å². The van der Waals surface area contributed by atoms with E-state index in [1.54, 1.807) is 32.0 Å². The van der Waals surface area contributed by atoms with Gasteiger partial charge in [0.05, 0.1) is 28.0 Å². The lowest BCUT2D eigenvalue weighted by atomic mass is 9.96. The summed E-state index contributed by atoms with van der Waals surface area (Å²) < 4.78 is 5.24. The number of halogens is 2. The van der Waals surface area contributed by atoms with Gasteiger partial charge in [-0.3, -0.25) is 4.79 Å². The largest absolute Gasteiger partial charge is 0.463 e. The second kappa shape index (κ2) is 11.1. The molecule has 0 unspecified atom stereocenters. The molecular weight excluding hydrogens is 481 g/mol. The summed E-state index contributed by atoms with van der Waals surface area (Å²) in [5, 5.41) is 7.27. The van der Waals surface area contributed by atoms with Crippen molar-refractivity contribution < 1.29 is 14.3 Å². The predicted octanol–water partition coefficient (Wildman–Crippen LogP) is 5.82. The minimum Gasteiger partial charge on any atom is -0.463 e. The first kappa shape index (κ1) is 25.1. The number of thioether (sulfide) groups is 1. The van der Waals surface area contributed by atoms with Crippen molar-refractivity contribution in [1.82, 2.24) is 5.32 Å². The molecule has 174 valence electrons. The number of carbonyl (C=O) groups is 2. The Hall–Kier alpha value is -2.48. The zero-order chi connectivity index (χ0) is 24.1. The van der Waals surface area contributed by atoms with Gasteiger partial charge in [0.1, 0.15) is 6.04 Å². The fraction of sp³-hybridized carbons (Fsp3) is 0.292. The molecule has 1 atom stereocenters. The van der Waals surface area contributed by atoms with Crippen LogP contribution in [0.25, 0.3) is 0 Å². The monoisotopic (exact) mass is 505 g/mol. The van der Waals surface area contributed by atoms with Gasteiger partial charge in [0, 0.05) is 16.9 Å². The Morgan fingerprint density at radius 2 is 1.79 bits per heavy atom. The Balaban J connectivity index is 1.83. The summed E-state index contributed by atoms with van der Waals surface area (Å²) in [4.78, 5) is 30.0. The summed E-state index contributed by atoms with van der Waals surface area (Å²) in [5.74, 6) is -0.501. The van der Waals surface area contributed by atoms with Crippen molar-refractivity contribution in [3.05, 3.63) is 74.4 Å². The molecule has 6 nitrogen and oxygen atoms in total.